The van der Waals surface area contributed by atoms with Gasteiger partial charge in [-0.3, -0.25) is 0 Å². The predicted octanol–water partition coefficient (Wildman–Crippen LogP) is 2.19. The molecule has 0 saturated heterocycles. The van der Waals surface area contributed by atoms with E-state index >= 15 is 0 Å². The Morgan fingerprint density at radius 3 is 2.83 bits per heavy atom. The van der Waals surface area contributed by atoms with Crippen LogP contribution in [0.1, 0.15) is 41.1 Å². The van der Waals surface area contributed by atoms with Crippen molar-refractivity contribution in [3.05, 3.63) is 23.2 Å². The van der Waals surface area contributed by atoms with Crippen LogP contribution in [0.2, 0.25) is 0 Å². The third-order valence-electron chi connectivity index (χ3n) is 2.70. The van der Waals surface area contributed by atoms with Gasteiger partial charge in [0, 0.05) is 13.7 Å². The maximum Gasteiger partial charge on any atom is 0.339 e. The van der Waals surface area contributed by atoms with E-state index in [-0.39, 0.29) is 5.56 Å². The number of hydrogen-bond acceptors (Lipinski definition) is 4. The molecule has 1 aromatic heterocycles. The van der Waals surface area contributed by atoms with E-state index in [1.807, 2.05) is 0 Å². The van der Waals surface area contributed by atoms with Crippen molar-refractivity contribution >= 4 is 5.97 Å². The Morgan fingerprint density at radius 2 is 2.22 bits per heavy atom. The van der Waals surface area contributed by atoms with Gasteiger partial charge in [-0.05, 0) is 38.8 Å². The Hall–Kier alpha value is -1.33. The number of carboxylic acids is 1. The van der Waals surface area contributed by atoms with Gasteiger partial charge in [-0.2, -0.15) is 0 Å². The smallest absolute Gasteiger partial charge is 0.339 e. The summed E-state index contributed by atoms with van der Waals surface area (Å²) < 4.78 is 10.3. The number of hydrogen-bond donors (Lipinski definition) is 2. The number of furan rings is 1. The molecule has 1 rings (SSSR count). The zero-order chi connectivity index (χ0) is 13.4. The highest BCUT2D eigenvalue weighted by Crippen LogP contribution is 2.14. The highest BCUT2D eigenvalue weighted by molar-refractivity contribution is 5.88. The number of carboxylic acid groups (broad SMARTS) is 1. The van der Waals surface area contributed by atoms with Gasteiger partial charge in [0.2, 0.25) is 0 Å². The minimum absolute atomic E-state index is 0.242. The summed E-state index contributed by atoms with van der Waals surface area (Å²) in [6.45, 7) is 3.93. The zero-order valence-electron chi connectivity index (χ0n) is 11.0. The van der Waals surface area contributed by atoms with Gasteiger partial charge >= 0.3 is 5.97 Å². The first-order valence-corrected chi connectivity index (χ1v) is 6.17. The fourth-order valence-electron chi connectivity index (χ4n) is 1.73. The molecular weight excluding hydrogens is 234 g/mol. The molecule has 2 N–H and O–H groups in total. The molecule has 0 unspecified atom stereocenters. The van der Waals surface area contributed by atoms with Crippen LogP contribution in [-0.2, 0) is 11.3 Å². The number of ether oxygens (including phenoxy) is 1. The van der Waals surface area contributed by atoms with Crippen LogP contribution in [0.4, 0.5) is 0 Å². The van der Waals surface area contributed by atoms with Crippen LogP contribution in [0.15, 0.2) is 10.5 Å². The van der Waals surface area contributed by atoms with Gasteiger partial charge in [-0.15, -0.1) is 0 Å². The number of nitrogens with one attached hydrogen (secondary N) is 1. The summed E-state index contributed by atoms with van der Waals surface area (Å²) in [5.74, 6) is 0.184. The highest BCUT2D eigenvalue weighted by Gasteiger charge is 2.12. The molecule has 0 saturated carbocycles. The summed E-state index contributed by atoms with van der Waals surface area (Å²) >= 11 is 0. The van der Waals surface area contributed by atoms with Crippen LogP contribution >= 0.6 is 0 Å². The molecule has 0 spiro atoms. The van der Waals surface area contributed by atoms with E-state index in [0.717, 1.165) is 32.4 Å². The van der Waals surface area contributed by atoms with Gasteiger partial charge in [-0.1, -0.05) is 0 Å². The van der Waals surface area contributed by atoms with Crippen molar-refractivity contribution in [3.8, 4) is 0 Å². The van der Waals surface area contributed by atoms with Gasteiger partial charge in [0.05, 0.1) is 6.54 Å². The minimum Gasteiger partial charge on any atom is -0.478 e. The number of aryl methyl sites for hydroxylation is 1. The quantitative estimate of drug-likeness (QED) is 0.662. The van der Waals surface area contributed by atoms with Gasteiger partial charge in [0.15, 0.2) is 0 Å². The van der Waals surface area contributed by atoms with E-state index < -0.39 is 5.97 Å². The largest absolute Gasteiger partial charge is 0.478 e. The molecule has 0 aliphatic carbocycles. The molecule has 0 fully saturated rings. The monoisotopic (exact) mass is 255 g/mol. The first-order valence-electron chi connectivity index (χ1n) is 6.17. The molecule has 0 amide bonds. The van der Waals surface area contributed by atoms with E-state index in [1.165, 1.54) is 0 Å². The minimum atomic E-state index is -0.943. The lowest BCUT2D eigenvalue weighted by atomic mass is 10.2. The van der Waals surface area contributed by atoms with Crippen molar-refractivity contribution in [2.24, 2.45) is 0 Å². The zero-order valence-corrected chi connectivity index (χ0v) is 11.0. The number of rotatable bonds is 9. The molecule has 0 aliphatic heterocycles. The predicted molar refractivity (Wildman–Crippen MR) is 67.8 cm³/mol. The fourth-order valence-corrected chi connectivity index (χ4v) is 1.73. The molecule has 102 valence electrons. The lowest BCUT2D eigenvalue weighted by molar-refractivity contribution is 0.0695. The van der Waals surface area contributed by atoms with Crippen LogP contribution in [-0.4, -0.2) is 31.3 Å². The molecule has 0 bridgehead atoms. The molecule has 5 nitrogen and oxygen atoms in total. The van der Waals surface area contributed by atoms with E-state index in [0.29, 0.717) is 18.1 Å². The summed E-state index contributed by atoms with van der Waals surface area (Å²) in [5, 5.41) is 12.1. The van der Waals surface area contributed by atoms with Crippen molar-refractivity contribution in [2.75, 3.05) is 20.3 Å². The molecule has 5 heteroatoms. The van der Waals surface area contributed by atoms with Crippen molar-refractivity contribution < 1.29 is 19.1 Å². The van der Waals surface area contributed by atoms with Crippen molar-refractivity contribution in [3.63, 3.8) is 0 Å². The topological polar surface area (TPSA) is 71.7 Å². The second kappa shape index (κ2) is 7.89. The van der Waals surface area contributed by atoms with E-state index in [2.05, 4.69) is 5.32 Å². The van der Waals surface area contributed by atoms with Crippen molar-refractivity contribution in [1.29, 1.82) is 0 Å². The highest BCUT2D eigenvalue weighted by atomic mass is 16.5. The second-order valence-electron chi connectivity index (χ2n) is 4.22. The number of methoxy groups -OCH3 is 1. The number of aromatic carboxylic acids is 1. The number of carbonyl (C=O) groups is 1. The summed E-state index contributed by atoms with van der Waals surface area (Å²) in [4.78, 5) is 10.8. The lowest BCUT2D eigenvalue weighted by Gasteiger charge is -2.02. The maximum atomic E-state index is 10.8. The summed E-state index contributed by atoms with van der Waals surface area (Å²) in [5.41, 5.74) is 0.242. The van der Waals surface area contributed by atoms with Crippen LogP contribution in [0, 0.1) is 6.92 Å². The van der Waals surface area contributed by atoms with Gasteiger partial charge in [0.1, 0.15) is 17.1 Å². The second-order valence-corrected chi connectivity index (χ2v) is 4.22. The summed E-state index contributed by atoms with van der Waals surface area (Å²) in [6, 6.07) is 1.58. The van der Waals surface area contributed by atoms with Gasteiger partial charge in [0.25, 0.3) is 0 Å². The maximum absolute atomic E-state index is 10.8. The fraction of sp³-hybridized carbons (Fsp3) is 0.615. The summed E-state index contributed by atoms with van der Waals surface area (Å²) in [6.07, 6.45) is 3.27. The molecular formula is C13H21NO4. The van der Waals surface area contributed by atoms with E-state index in [4.69, 9.17) is 14.3 Å². The molecule has 0 atom stereocenters. The van der Waals surface area contributed by atoms with Crippen LogP contribution in [0.25, 0.3) is 0 Å². The summed E-state index contributed by atoms with van der Waals surface area (Å²) in [7, 11) is 1.71. The molecule has 1 heterocycles. The molecule has 0 aliphatic rings. The Balaban J connectivity index is 2.19. The van der Waals surface area contributed by atoms with E-state index in [9.17, 15) is 4.79 Å². The molecule has 1 aromatic rings. The molecule has 18 heavy (non-hydrogen) atoms. The SMILES string of the molecule is COCCCCCNCc1cc(C(=O)O)c(C)o1. The normalized spacial score (nSPS) is 10.8. The Morgan fingerprint density at radius 1 is 1.44 bits per heavy atom. The Labute approximate surface area is 107 Å². The van der Waals surface area contributed by atoms with E-state index in [1.54, 1.807) is 20.1 Å². The average molecular weight is 255 g/mol. The third-order valence-corrected chi connectivity index (χ3v) is 2.70. The van der Waals surface area contributed by atoms with Crippen LogP contribution in [0.3, 0.4) is 0 Å². The Kier molecular flexibility index (Phi) is 6.46. The lowest BCUT2D eigenvalue weighted by Crippen LogP contribution is -2.14. The van der Waals surface area contributed by atoms with Crippen LogP contribution < -0.4 is 5.32 Å². The average Bonchev–Trinajstić information content (AvgIpc) is 2.69. The van der Waals surface area contributed by atoms with Crippen LogP contribution in [0.5, 0.6) is 0 Å². The first kappa shape index (κ1) is 14.7. The third kappa shape index (κ3) is 4.89. The Bertz CT molecular complexity index is 373. The van der Waals surface area contributed by atoms with Crippen molar-refractivity contribution in [1.82, 2.24) is 5.32 Å². The van der Waals surface area contributed by atoms with Gasteiger partial charge < -0.3 is 19.6 Å². The molecule has 0 aromatic carbocycles. The molecule has 0 radical (unpaired) electrons. The van der Waals surface area contributed by atoms with Gasteiger partial charge in [-0.25, -0.2) is 4.79 Å². The van der Waals surface area contributed by atoms with Crippen molar-refractivity contribution in [2.45, 2.75) is 32.7 Å². The number of unbranched alkanes of at least 4 members (excludes halogenated alkanes) is 2. The first-order chi connectivity index (χ1) is 8.65. The standard InChI is InChI=1S/C13H21NO4/c1-10-12(13(15)16)8-11(18-10)9-14-6-4-3-5-7-17-2/h8,14H,3-7,9H2,1-2H3,(H,15,16).